The average molecular weight is 675 g/mol. The van der Waals surface area contributed by atoms with Crippen LogP contribution in [0.25, 0.3) is 17.2 Å². The SMILES string of the molecule is Cc1ccc(-c2cc(F)c(NC(=O)C(Cc3ccc(C(=O)NCCS(=O)(=O)O)cc3)c3ccc(/C=C/C(C)(C)C)cc3)c(F)c2)c(C)c1. The maximum atomic E-state index is 15.4. The van der Waals surface area contributed by atoms with Crippen LogP contribution in [0.15, 0.2) is 84.9 Å². The summed E-state index contributed by atoms with van der Waals surface area (Å²) in [6.07, 6.45) is 4.21. The smallest absolute Gasteiger partial charge is 0.266 e. The number of hydrogen-bond acceptors (Lipinski definition) is 4. The van der Waals surface area contributed by atoms with E-state index in [9.17, 15) is 18.0 Å². The summed E-state index contributed by atoms with van der Waals surface area (Å²) in [6.45, 7) is 9.79. The summed E-state index contributed by atoms with van der Waals surface area (Å²) >= 11 is 0. The summed E-state index contributed by atoms with van der Waals surface area (Å²) in [6, 6.07) is 21.7. The fourth-order valence-corrected chi connectivity index (χ4v) is 5.53. The molecule has 4 rings (SSSR count). The van der Waals surface area contributed by atoms with Gasteiger partial charge in [0.15, 0.2) is 0 Å². The molecule has 4 aromatic rings. The molecule has 0 aliphatic carbocycles. The number of nitrogens with one attached hydrogen (secondary N) is 2. The van der Waals surface area contributed by atoms with E-state index in [0.717, 1.165) is 16.7 Å². The van der Waals surface area contributed by atoms with E-state index in [0.29, 0.717) is 22.3 Å². The van der Waals surface area contributed by atoms with Crippen molar-refractivity contribution in [3.63, 3.8) is 0 Å². The number of anilines is 1. The predicted octanol–water partition coefficient (Wildman–Crippen LogP) is 7.89. The number of halogens is 2. The van der Waals surface area contributed by atoms with Crippen LogP contribution in [0.4, 0.5) is 14.5 Å². The Labute approximate surface area is 280 Å². The molecule has 2 amide bonds. The molecule has 0 aromatic heterocycles. The minimum absolute atomic E-state index is 0.0253. The van der Waals surface area contributed by atoms with Crippen LogP contribution in [0.3, 0.4) is 0 Å². The van der Waals surface area contributed by atoms with Crippen molar-refractivity contribution in [2.45, 2.75) is 47.0 Å². The minimum Gasteiger partial charge on any atom is -0.351 e. The van der Waals surface area contributed by atoms with Crippen molar-refractivity contribution >= 4 is 33.7 Å². The molecule has 0 saturated heterocycles. The van der Waals surface area contributed by atoms with Gasteiger partial charge in [0.25, 0.3) is 16.0 Å². The predicted molar refractivity (Wildman–Crippen MR) is 186 cm³/mol. The van der Waals surface area contributed by atoms with Gasteiger partial charge in [-0.1, -0.05) is 93.1 Å². The van der Waals surface area contributed by atoms with E-state index in [2.05, 4.69) is 37.5 Å². The molecule has 0 bridgehead atoms. The molecule has 48 heavy (non-hydrogen) atoms. The van der Waals surface area contributed by atoms with Crippen LogP contribution in [0, 0.1) is 30.9 Å². The molecule has 0 aliphatic heterocycles. The van der Waals surface area contributed by atoms with Crippen molar-refractivity contribution in [1.82, 2.24) is 5.32 Å². The van der Waals surface area contributed by atoms with Crippen LogP contribution in [0.2, 0.25) is 0 Å². The third kappa shape index (κ3) is 10.2. The zero-order valence-corrected chi connectivity index (χ0v) is 28.4. The zero-order chi connectivity index (χ0) is 35.2. The molecule has 1 atom stereocenters. The fourth-order valence-electron chi connectivity index (χ4n) is 5.17. The summed E-state index contributed by atoms with van der Waals surface area (Å²) in [5, 5.41) is 4.91. The molecule has 0 radical (unpaired) electrons. The van der Waals surface area contributed by atoms with E-state index in [1.54, 1.807) is 24.3 Å². The second-order valence-corrected chi connectivity index (χ2v) is 14.6. The highest BCUT2D eigenvalue weighted by Crippen LogP contribution is 2.32. The van der Waals surface area contributed by atoms with Gasteiger partial charge in [-0.2, -0.15) is 8.42 Å². The van der Waals surface area contributed by atoms with E-state index in [1.165, 1.54) is 24.3 Å². The third-order valence-corrected chi connectivity index (χ3v) is 8.44. The Bertz CT molecular complexity index is 1910. The first-order valence-corrected chi connectivity index (χ1v) is 17.1. The fraction of sp³-hybridized carbons (Fsp3) is 0.263. The molecule has 10 heteroatoms. The monoisotopic (exact) mass is 674 g/mol. The molecule has 0 aliphatic rings. The number of aryl methyl sites for hydroxylation is 2. The molecule has 0 fully saturated rings. The maximum Gasteiger partial charge on any atom is 0.266 e. The number of carbonyl (C=O) groups is 2. The summed E-state index contributed by atoms with van der Waals surface area (Å²) in [4.78, 5) is 26.2. The summed E-state index contributed by atoms with van der Waals surface area (Å²) in [5.74, 6) is -4.41. The molecular formula is C38H40F2N2O5S. The van der Waals surface area contributed by atoms with E-state index in [1.807, 2.05) is 50.3 Å². The molecule has 7 nitrogen and oxygen atoms in total. The lowest BCUT2D eigenvalue weighted by Gasteiger charge is -2.19. The number of rotatable bonds is 11. The maximum absolute atomic E-state index is 15.4. The second-order valence-electron chi connectivity index (χ2n) is 13.0. The van der Waals surface area contributed by atoms with Gasteiger partial charge in [0.2, 0.25) is 5.91 Å². The number of benzene rings is 4. The molecule has 0 heterocycles. The van der Waals surface area contributed by atoms with Crippen molar-refractivity contribution in [3.05, 3.63) is 130 Å². The highest BCUT2D eigenvalue weighted by molar-refractivity contribution is 7.85. The number of hydrogen-bond donors (Lipinski definition) is 3. The van der Waals surface area contributed by atoms with Crippen LogP contribution in [0.5, 0.6) is 0 Å². The van der Waals surface area contributed by atoms with Gasteiger partial charge in [0, 0.05) is 12.1 Å². The largest absolute Gasteiger partial charge is 0.351 e. The molecule has 1 unspecified atom stereocenters. The van der Waals surface area contributed by atoms with E-state index in [4.69, 9.17) is 4.55 Å². The van der Waals surface area contributed by atoms with Crippen molar-refractivity contribution in [2.24, 2.45) is 5.41 Å². The molecule has 0 spiro atoms. The van der Waals surface area contributed by atoms with Gasteiger partial charge < -0.3 is 10.6 Å². The van der Waals surface area contributed by atoms with Gasteiger partial charge in [0.1, 0.15) is 17.3 Å². The molecule has 3 N–H and O–H groups in total. The lowest BCUT2D eigenvalue weighted by molar-refractivity contribution is -0.117. The Morgan fingerprint density at radius 2 is 1.52 bits per heavy atom. The molecule has 4 aromatic carbocycles. The lowest BCUT2D eigenvalue weighted by atomic mass is 9.89. The number of allylic oxidation sites excluding steroid dienone is 1. The van der Waals surface area contributed by atoms with Gasteiger partial charge in [-0.05, 0) is 83.3 Å². The van der Waals surface area contributed by atoms with E-state index in [-0.39, 0.29) is 23.9 Å². The highest BCUT2D eigenvalue weighted by atomic mass is 32.2. The van der Waals surface area contributed by atoms with Gasteiger partial charge in [-0.3, -0.25) is 14.1 Å². The Morgan fingerprint density at radius 3 is 2.08 bits per heavy atom. The van der Waals surface area contributed by atoms with Gasteiger partial charge in [0.05, 0.1) is 11.7 Å². The third-order valence-electron chi connectivity index (χ3n) is 7.72. The average Bonchev–Trinajstić information content (AvgIpc) is 3.00. The van der Waals surface area contributed by atoms with Crippen LogP contribution in [0.1, 0.15) is 64.9 Å². The first-order valence-electron chi connectivity index (χ1n) is 15.5. The van der Waals surface area contributed by atoms with Crippen LogP contribution in [-0.2, 0) is 21.3 Å². The first-order chi connectivity index (χ1) is 22.5. The van der Waals surface area contributed by atoms with Gasteiger partial charge in [-0.25, -0.2) is 8.78 Å². The molecule has 0 saturated carbocycles. The summed E-state index contributed by atoms with van der Waals surface area (Å²) < 4.78 is 61.6. The van der Waals surface area contributed by atoms with Crippen LogP contribution < -0.4 is 10.6 Å². The van der Waals surface area contributed by atoms with Gasteiger partial charge in [-0.15, -0.1) is 0 Å². The van der Waals surface area contributed by atoms with Crippen molar-refractivity contribution in [1.29, 1.82) is 0 Å². The topological polar surface area (TPSA) is 113 Å². The zero-order valence-electron chi connectivity index (χ0n) is 27.6. The quantitative estimate of drug-likeness (QED) is 0.140. The van der Waals surface area contributed by atoms with Gasteiger partial charge >= 0.3 is 0 Å². The number of carbonyl (C=O) groups excluding carboxylic acids is 2. The van der Waals surface area contributed by atoms with Crippen molar-refractivity contribution in [2.75, 3.05) is 17.6 Å². The molecule has 252 valence electrons. The summed E-state index contributed by atoms with van der Waals surface area (Å²) in [5.41, 5.74) is 4.85. The van der Waals surface area contributed by atoms with E-state index >= 15 is 8.78 Å². The second kappa shape index (κ2) is 15.0. The Morgan fingerprint density at radius 1 is 0.896 bits per heavy atom. The Balaban J connectivity index is 1.60. The summed E-state index contributed by atoms with van der Waals surface area (Å²) in [7, 11) is -4.22. The van der Waals surface area contributed by atoms with Crippen LogP contribution >= 0.6 is 0 Å². The molecular weight excluding hydrogens is 634 g/mol. The van der Waals surface area contributed by atoms with E-state index < -0.39 is 50.9 Å². The number of amides is 2. The van der Waals surface area contributed by atoms with Crippen LogP contribution in [-0.4, -0.2) is 37.1 Å². The minimum atomic E-state index is -4.22. The highest BCUT2D eigenvalue weighted by Gasteiger charge is 2.25. The van der Waals surface area contributed by atoms with Crippen molar-refractivity contribution in [3.8, 4) is 11.1 Å². The standard InChI is InChI=1S/C38H40F2N2O5S/c1-24-6-15-31(25(2)20-24)30-22-33(39)35(34(40)23-30)42-37(44)32(28-11-7-26(8-12-28)16-17-38(3,4)5)21-27-9-13-29(14-10-27)36(43)41-18-19-48(45,46)47/h6-17,20,22-23,32H,18-19,21H2,1-5H3,(H,41,43)(H,42,44)(H,45,46,47)/b17-16+. The lowest BCUT2D eigenvalue weighted by Crippen LogP contribution is -2.28. The normalized spacial score (nSPS) is 12.6. The Hall–Kier alpha value is -4.67. The first kappa shape index (κ1) is 36.2. The Kier molecular flexibility index (Phi) is 11.3. The van der Waals surface area contributed by atoms with Crippen molar-refractivity contribution < 1.29 is 31.3 Å².